The zero-order valence-corrected chi connectivity index (χ0v) is 16.6. The number of para-hydroxylation sites is 1. The molecule has 0 unspecified atom stereocenters. The van der Waals surface area contributed by atoms with Crippen LogP contribution >= 0.6 is 0 Å². The molecule has 0 saturated carbocycles. The zero-order valence-electron chi connectivity index (χ0n) is 16.6. The third kappa shape index (κ3) is 3.68. The number of amides is 2. The molecular weight excluding hydrogens is 376 g/mol. The number of carbonyl (C=O) groups excluding carboxylic acids is 2. The molecule has 0 saturated heterocycles. The molecule has 0 atom stereocenters. The van der Waals surface area contributed by atoms with Gasteiger partial charge in [-0.3, -0.25) is 9.59 Å². The summed E-state index contributed by atoms with van der Waals surface area (Å²) in [6.45, 7) is -0.0464. The van der Waals surface area contributed by atoms with Crippen molar-refractivity contribution in [1.82, 2.24) is 0 Å². The Bertz CT molecular complexity index is 1120. The molecule has 150 valence electrons. The quantitative estimate of drug-likeness (QED) is 0.574. The number of hydrogen-bond donors (Lipinski definition) is 3. The monoisotopic (exact) mass is 398 g/mol. The van der Waals surface area contributed by atoms with Crippen molar-refractivity contribution in [1.29, 1.82) is 0 Å². The maximum absolute atomic E-state index is 12.8. The molecule has 0 fully saturated rings. The molecule has 4 rings (SSSR count). The fourth-order valence-electron chi connectivity index (χ4n) is 3.44. The average Bonchev–Trinajstić information content (AvgIpc) is 3.13. The van der Waals surface area contributed by atoms with Crippen LogP contribution in [0, 0.1) is 0 Å². The largest absolute Gasteiger partial charge is 0.354 e. The lowest BCUT2D eigenvalue weighted by Crippen LogP contribution is -2.32. The lowest BCUT2D eigenvalue weighted by molar-refractivity contribution is -0.117. The normalized spacial score (nSPS) is 14.0. The van der Waals surface area contributed by atoms with Gasteiger partial charge in [0.15, 0.2) is 0 Å². The van der Waals surface area contributed by atoms with Crippen molar-refractivity contribution in [2.45, 2.75) is 0 Å². The van der Waals surface area contributed by atoms with E-state index in [1.807, 2.05) is 78.9 Å². The fraction of sp³-hybridized carbons (Fsp3) is 0.0833. The molecule has 0 spiro atoms. The van der Waals surface area contributed by atoms with Crippen LogP contribution in [-0.2, 0) is 9.59 Å². The van der Waals surface area contributed by atoms with E-state index in [-0.39, 0.29) is 18.4 Å². The number of likely N-dealkylation sites (N-methyl/N-ethyl adjacent to an activating group) is 1. The standard InChI is InChI=1S/C24H22N4O2/c1-28(21(29)15-25)18-13-11-17(12-14-18)26-23(16-7-3-2-4-8-16)22-19-9-5-6-10-20(19)27-24(22)30/h2-14,26H,15,25H2,1H3,(H,27,30). The van der Waals surface area contributed by atoms with Gasteiger partial charge in [0.1, 0.15) is 0 Å². The van der Waals surface area contributed by atoms with Gasteiger partial charge in [-0.25, -0.2) is 0 Å². The highest BCUT2D eigenvalue weighted by atomic mass is 16.2. The number of nitrogens with two attached hydrogens (primary N) is 1. The minimum Gasteiger partial charge on any atom is -0.354 e. The van der Waals surface area contributed by atoms with Gasteiger partial charge < -0.3 is 21.3 Å². The third-order valence-electron chi connectivity index (χ3n) is 5.06. The summed E-state index contributed by atoms with van der Waals surface area (Å²) in [5.41, 5.74) is 10.9. The zero-order chi connectivity index (χ0) is 21.1. The van der Waals surface area contributed by atoms with Gasteiger partial charge in [0, 0.05) is 29.7 Å². The van der Waals surface area contributed by atoms with E-state index >= 15 is 0 Å². The van der Waals surface area contributed by atoms with Crippen molar-refractivity contribution < 1.29 is 9.59 Å². The fourth-order valence-corrected chi connectivity index (χ4v) is 3.44. The second-order valence-electron chi connectivity index (χ2n) is 6.94. The first-order chi connectivity index (χ1) is 14.6. The number of benzene rings is 3. The summed E-state index contributed by atoms with van der Waals surface area (Å²) < 4.78 is 0. The first kappa shape index (κ1) is 19.4. The number of carbonyl (C=O) groups is 2. The molecule has 30 heavy (non-hydrogen) atoms. The summed E-state index contributed by atoms with van der Waals surface area (Å²) in [7, 11) is 1.69. The van der Waals surface area contributed by atoms with Crippen LogP contribution in [0.3, 0.4) is 0 Å². The van der Waals surface area contributed by atoms with Gasteiger partial charge in [0.2, 0.25) is 5.91 Å². The number of rotatable bonds is 5. The maximum Gasteiger partial charge on any atom is 0.258 e. The molecule has 1 aliphatic heterocycles. The van der Waals surface area contributed by atoms with E-state index in [0.717, 1.165) is 33.9 Å². The molecular formula is C24H22N4O2. The van der Waals surface area contributed by atoms with Crippen LogP contribution in [0.2, 0.25) is 0 Å². The third-order valence-corrected chi connectivity index (χ3v) is 5.06. The lowest BCUT2D eigenvalue weighted by Gasteiger charge is -2.18. The molecule has 6 heteroatoms. The van der Waals surface area contributed by atoms with Crippen molar-refractivity contribution in [3.63, 3.8) is 0 Å². The van der Waals surface area contributed by atoms with Gasteiger partial charge in [-0.15, -0.1) is 0 Å². The second kappa shape index (κ2) is 8.23. The van der Waals surface area contributed by atoms with E-state index in [0.29, 0.717) is 5.57 Å². The first-order valence-corrected chi connectivity index (χ1v) is 9.62. The van der Waals surface area contributed by atoms with Gasteiger partial charge in [-0.05, 0) is 35.9 Å². The van der Waals surface area contributed by atoms with Gasteiger partial charge in [0.05, 0.1) is 17.8 Å². The molecule has 3 aromatic rings. The minimum absolute atomic E-state index is 0.0464. The number of hydrogen-bond acceptors (Lipinski definition) is 4. The molecule has 0 aliphatic carbocycles. The van der Waals surface area contributed by atoms with E-state index < -0.39 is 0 Å². The van der Waals surface area contributed by atoms with Crippen LogP contribution in [0.4, 0.5) is 17.1 Å². The van der Waals surface area contributed by atoms with Gasteiger partial charge in [-0.1, -0.05) is 48.5 Å². The van der Waals surface area contributed by atoms with Crippen molar-refractivity contribution in [3.05, 3.63) is 90.0 Å². The summed E-state index contributed by atoms with van der Waals surface area (Å²) in [4.78, 5) is 26.2. The van der Waals surface area contributed by atoms with E-state index in [1.165, 1.54) is 4.90 Å². The summed E-state index contributed by atoms with van der Waals surface area (Å²) in [6, 6.07) is 24.8. The van der Waals surface area contributed by atoms with Crippen LogP contribution in [0.15, 0.2) is 78.9 Å². The average molecular weight is 398 g/mol. The van der Waals surface area contributed by atoms with Gasteiger partial charge in [0.25, 0.3) is 5.91 Å². The Hall–Kier alpha value is -3.90. The molecule has 3 aromatic carbocycles. The summed E-state index contributed by atoms with van der Waals surface area (Å²) in [5, 5.41) is 6.34. The smallest absolute Gasteiger partial charge is 0.258 e. The molecule has 4 N–H and O–H groups in total. The van der Waals surface area contributed by atoms with Crippen molar-refractivity contribution in [2.24, 2.45) is 5.73 Å². The van der Waals surface area contributed by atoms with Gasteiger partial charge >= 0.3 is 0 Å². The Morgan fingerprint density at radius 1 is 0.967 bits per heavy atom. The van der Waals surface area contributed by atoms with E-state index in [9.17, 15) is 9.59 Å². The van der Waals surface area contributed by atoms with Crippen molar-refractivity contribution in [3.8, 4) is 0 Å². The molecule has 1 heterocycles. The topological polar surface area (TPSA) is 87.5 Å². The number of nitrogens with one attached hydrogen (secondary N) is 2. The van der Waals surface area contributed by atoms with Crippen molar-refractivity contribution >= 4 is 40.1 Å². The number of fused-ring (bicyclic) bond motifs is 1. The van der Waals surface area contributed by atoms with Crippen molar-refractivity contribution in [2.75, 3.05) is 29.1 Å². The Labute approximate surface area is 175 Å². The lowest BCUT2D eigenvalue weighted by atomic mass is 10.00. The van der Waals surface area contributed by atoms with E-state index in [4.69, 9.17) is 5.73 Å². The summed E-state index contributed by atoms with van der Waals surface area (Å²) in [5.74, 6) is -0.311. The Balaban J connectivity index is 1.75. The first-order valence-electron chi connectivity index (χ1n) is 9.62. The summed E-state index contributed by atoms with van der Waals surface area (Å²) in [6.07, 6.45) is 0. The van der Waals surface area contributed by atoms with Crippen LogP contribution in [0.1, 0.15) is 11.1 Å². The highest BCUT2D eigenvalue weighted by Gasteiger charge is 2.28. The second-order valence-corrected chi connectivity index (χ2v) is 6.94. The van der Waals surface area contributed by atoms with E-state index in [1.54, 1.807) is 7.05 Å². The highest BCUT2D eigenvalue weighted by molar-refractivity contribution is 6.37. The summed E-state index contributed by atoms with van der Waals surface area (Å²) >= 11 is 0. The SMILES string of the molecule is CN(C(=O)CN)c1ccc(NC(=C2C(=O)Nc3ccccc32)c2ccccc2)cc1. The molecule has 1 aliphatic rings. The molecule has 0 radical (unpaired) electrons. The van der Waals surface area contributed by atoms with E-state index in [2.05, 4.69) is 10.6 Å². The number of anilines is 3. The Morgan fingerprint density at radius 3 is 2.33 bits per heavy atom. The predicted molar refractivity (Wildman–Crippen MR) is 121 cm³/mol. The molecule has 0 bridgehead atoms. The minimum atomic E-state index is -0.165. The molecule has 2 amide bonds. The van der Waals surface area contributed by atoms with Crippen LogP contribution < -0.4 is 21.3 Å². The van der Waals surface area contributed by atoms with Crippen LogP contribution in [0.5, 0.6) is 0 Å². The molecule has 0 aromatic heterocycles. The van der Waals surface area contributed by atoms with Crippen LogP contribution in [-0.4, -0.2) is 25.4 Å². The Morgan fingerprint density at radius 2 is 1.63 bits per heavy atom. The predicted octanol–water partition coefficient (Wildman–Crippen LogP) is 3.54. The van der Waals surface area contributed by atoms with Gasteiger partial charge in [-0.2, -0.15) is 0 Å². The highest BCUT2D eigenvalue weighted by Crippen LogP contribution is 2.37. The van der Waals surface area contributed by atoms with Crippen LogP contribution in [0.25, 0.3) is 11.3 Å². The maximum atomic E-state index is 12.8. The molecule has 6 nitrogen and oxygen atoms in total. The number of nitrogens with zero attached hydrogens (tertiary/aromatic N) is 1. The Kier molecular flexibility index (Phi) is 5.32.